The van der Waals surface area contributed by atoms with Crippen LogP contribution in [-0.2, 0) is 4.57 Å². The molecule has 126 valence electrons. The Morgan fingerprint density at radius 3 is 2.46 bits per heavy atom. The maximum Gasteiger partial charge on any atom is 0.348 e. The molecule has 6 nitrogen and oxygen atoms in total. The summed E-state index contributed by atoms with van der Waals surface area (Å²) in [5, 5.41) is 13.8. The Kier molecular flexibility index (Phi) is 6.52. The second-order valence-corrected chi connectivity index (χ2v) is 6.11. The van der Waals surface area contributed by atoms with Gasteiger partial charge in [-0.05, 0) is 30.3 Å². The summed E-state index contributed by atoms with van der Waals surface area (Å²) in [4.78, 5) is 22.7. The van der Waals surface area contributed by atoms with Gasteiger partial charge in [0.15, 0.2) is 5.30 Å². The lowest BCUT2D eigenvalue weighted by atomic mass is 10.2. The number of hydrogen-bond acceptors (Lipinski definition) is 5. The van der Waals surface area contributed by atoms with Gasteiger partial charge < -0.3 is 20.6 Å². The first-order valence-electron chi connectivity index (χ1n) is 7.16. The van der Waals surface area contributed by atoms with E-state index in [2.05, 4.69) is 10.6 Å². The van der Waals surface area contributed by atoms with Crippen molar-refractivity contribution in [3.8, 4) is 0 Å². The van der Waals surface area contributed by atoms with Crippen LogP contribution in [0.2, 0.25) is 0 Å². The normalized spacial score (nSPS) is 14.0. The van der Waals surface area contributed by atoms with E-state index in [1.807, 2.05) is 0 Å². The third-order valence-corrected chi connectivity index (χ3v) is 3.86. The maximum atomic E-state index is 13.0. The average molecular weight is 350 g/mol. The highest BCUT2D eigenvalue weighted by Gasteiger charge is 2.12. The van der Waals surface area contributed by atoms with Gasteiger partial charge in [-0.15, -0.1) is 0 Å². The fourth-order valence-corrected chi connectivity index (χ4v) is 2.26. The summed E-state index contributed by atoms with van der Waals surface area (Å²) >= 11 is 0. The Hall–Kier alpha value is -2.18. The fourth-order valence-electron chi connectivity index (χ4n) is 1.80. The second-order valence-electron chi connectivity index (χ2n) is 5.08. The van der Waals surface area contributed by atoms with Crippen LogP contribution in [-0.4, -0.2) is 30.2 Å². The van der Waals surface area contributed by atoms with E-state index >= 15 is 0 Å². The van der Waals surface area contributed by atoms with E-state index in [0.29, 0.717) is 5.69 Å². The topological polar surface area (TPSA) is 101 Å². The molecule has 1 aliphatic rings. The number of carbonyl (C=O) groups is 1. The summed E-state index contributed by atoms with van der Waals surface area (Å²) < 4.78 is 23.8. The van der Waals surface area contributed by atoms with Crippen LogP contribution in [0.1, 0.15) is 10.4 Å². The lowest BCUT2D eigenvalue weighted by Gasteiger charge is -2.20. The fraction of sp³-hybridized carbons (Fsp3) is 0.188. The smallest absolute Gasteiger partial charge is 0.348 e. The van der Waals surface area contributed by atoms with E-state index in [1.165, 1.54) is 42.5 Å². The third-order valence-electron chi connectivity index (χ3n) is 3.16. The van der Waals surface area contributed by atoms with Crippen LogP contribution in [0, 0.1) is 5.82 Å². The van der Waals surface area contributed by atoms with Gasteiger partial charge in [0, 0.05) is 30.4 Å². The van der Waals surface area contributed by atoms with Crippen molar-refractivity contribution in [1.29, 1.82) is 0 Å². The lowest BCUT2D eigenvalue weighted by Crippen LogP contribution is -2.46. The number of β-amino-alcohol motifs (C(OH)–C–C–N with tert-alkyl or cyclic N) is 1. The first kappa shape index (κ1) is 18.2. The summed E-state index contributed by atoms with van der Waals surface area (Å²) in [5.41, 5.74) is 0.503. The molecule has 1 fully saturated rings. The minimum Gasteiger partial charge on any atom is -0.591 e. The number of aliphatic hydroxyl groups is 1. The molecule has 3 rings (SSSR count). The van der Waals surface area contributed by atoms with Crippen LogP contribution < -0.4 is 20.8 Å². The molecule has 0 aromatic heterocycles. The van der Waals surface area contributed by atoms with Gasteiger partial charge in [0.2, 0.25) is 0 Å². The van der Waals surface area contributed by atoms with Crippen LogP contribution in [0.15, 0.2) is 48.5 Å². The molecule has 0 saturated carbocycles. The molecule has 24 heavy (non-hydrogen) atoms. The number of hydrogen-bond donors (Lipinski definition) is 3. The summed E-state index contributed by atoms with van der Waals surface area (Å²) in [5.74, 6) is -0.960. The zero-order chi connectivity index (χ0) is 17.5. The molecule has 1 unspecified atom stereocenters. The number of nitrogens with one attached hydrogen (secondary N) is 2. The highest BCUT2D eigenvalue weighted by Crippen LogP contribution is 2.13. The number of anilines is 1. The third kappa shape index (κ3) is 5.47. The van der Waals surface area contributed by atoms with Gasteiger partial charge in [-0.1, -0.05) is 16.7 Å². The number of rotatable bonds is 3. The van der Waals surface area contributed by atoms with Crippen LogP contribution >= 0.6 is 8.03 Å². The molecular weight excluding hydrogens is 334 g/mol. The molecule has 0 spiro atoms. The Balaban J connectivity index is 0.000000355. The Bertz CT molecular complexity index is 738. The van der Waals surface area contributed by atoms with Crippen molar-refractivity contribution in [2.24, 2.45) is 0 Å². The maximum absolute atomic E-state index is 13.0. The predicted molar refractivity (Wildman–Crippen MR) is 86.9 cm³/mol. The van der Waals surface area contributed by atoms with E-state index in [1.54, 1.807) is 6.07 Å². The Labute approximate surface area is 139 Å². The molecule has 0 bridgehead atoms. The van der Waals surface area contributed by atoms with Crippen molar-refractivity contribution in [2.45, 2.75) is 6.10 Å². The van der Waals surface area contributed by atoms with Gasteiger partial charge in [0.05, 0.1) is 6.10 Å². The number of amides is 1. The molecule has 1 heterocycles. The van der Waals surface area contributed by atoms with E-state index in [0.717, 1.165) is 13.1 Å². The van der Waals surface area contributed by atoms with Gasteiger partial charge in [-0.2, -0.15) is 0 Å². The Morgan fingerprint density at radius 1 is 1.25 bits per heavy atom. The first-order chi connectivity index (χ1) is 11.5. The molecule has 1 amide bonds. The molecule has 1 saturated heterocycles. The van der Waals surface area contributed by atoms with Crippen molar-refractivity contribution < 1.29 is 23.7 Å². The van der Waals surface area contributed by atoms with Crippen molar-refractivity contribution in [3.05, 3.63) is 59.9 Å². The largest absolute Gasteiger partial charge is 0.591 e. The highest BCUT2D eigenvalue weighted by molar-refractivity contribution is 7.45. The predicted octanol–water partition coefficient (Wildman–Crippen LogP) is 0.756. The van der Waals surface area contributed by atoms with E-state index in [4.69, 9.17) is 5.11 Å². The van der Waals surface area contributed by atoms with E-state index in [-0.39, 0.29) is 17.0 Å². The van der Waals surface area contributed by atoms with E-state index < -0.39 is 19.8 Å². The molecule has 8 heteroatoms. The van der Waals surface area contributed by atoms with Crippen molar-refractivity contribution in [2.75, 3.05) is 18.4 Å². The molecule has 1 aliphatic heterocycles. The van der Waals surface area contributed by atoms with Crippen LogP contribution in [0.5, 0.6) is 0 Å². The van der Waals surface area contributed by atoms with Crippen molar-refractivity contribution >= 4 is 24.9 Å². The van der Waals surface area contributed by atoms with Crippen LogP contribution in [0.3, 0.4) is 0 Å². The molecule has 0 aliphatic carbocycles. The monoisotopic (exact) mass is 350 g/mol. The molecule has 2 aromatic carbocycles. The van der Waals surface area contributed by atoms with Gasteiger partial charge in [-0.3, -0.25) is 4.79 Å². The zero-order valence-corrected chi connectivity index (χ0v) is 13.5. The molecule has 2 aromatic rings. The summed E-state index contributed by atoms with van der Waals surface area (Å²) in [6.07, 6.45) is -0.0463. The minimum atomic E-state index is -2.74. The lowest BCUT2D eigenvalue weighted by molar-refractivity contribution is -0.160. The standard InChI is InChI=1S/C13H9FNO3P.C3H7NO/c14-10-4-2-5-11(8-10)15-13(16)9-3-1-6-12(7-9)19(17)18;5-3-1-4-2-3/h1-8H,(H,15,16);3-5H,1-2H2. The van der Waals surface area contributed by atoms with Crippen molar-refractivity contribution in [1.82, 2.24) is 5.32 Å². The van der Waals surface area contributed by atoms with E-state index in [9.17, 15) is 18.6 Å². The summed E-state index contributed by atoms with van der Waals surface area (Å²) in [6, 6.07) is 11.1. The summed E-state index contributed by atoms with van der Waals surface area (Å²) in [6.45, 7) is 1.58. The minimum absolute atomic E-state index is 0.0463. The average Bonchev–Trinajstić information content (AvgIpc) is 2.53. The van der Waals surface area contributed by atoms with Gasteiger partial charge in [0.25, 0.3) is 5.91 Å². The quantitative estimate of drug-likeness (QED) is 0.710. The highest BCUT2D eigenvalue weighted by atomic mass is 31.1. The number of carbonyl (C=O) groups excluding carboxylic acids is 1. The van der Waals surface area contributed by atoms with Crippen LogP contribution in [0.4, 0.5) is 10.1 Å². The molecular formula is C16H16FN2O4P. The number of aliphatic hydroxyl groups excluding tert-OH is 1. The van der Waals surface area contributed by atoms with Crippen LogP contribution in [0.25, 0.3) is 0 Å². The van der Waals surface area contributed by atoms with Gasteiger partial charge >= 0.3 is 8.03 Å². The second kappa shape index (κ2) is 8.61. The van der Waals surface area contributed by atoms with Gasteiger partial charge in [-0.25, -0.2) is 4.39 Å². The van der Waals surface area contributed by atoms with Crippen molar-refractivity contribution in [3.63, 3.8) is 0 Å². The number of halogens is 1. The SMILES string of the molecule is O=C(Nc1cccc(F)c1)c1cccc([P+](=O)[O-])c1.OC1CNC1. The Morgan fingerprint density at radius 2 is 1.92 bits per heavy atom. The molecule has 3 N–H and O–H groups in total. The molecule has 1 atom stereocenters. The molecule has 0 radical (unpaired) electrons. The number of benzene rings is 2. The summed E-state index contributed by atoms with van der Waals surface area (Å²) in [7, 11) is -2.74. The van der Waals surface area contributed by atoms with Gasteiger partial charge in [0.1, 0.15) is 5.82 Å². The first-order valence-corrected chi connectivity index (χ1v) is 8.33. The zero-order valence-electron chi connectivity index (χ0n) is 12.6.